The Morgan fingerprint density at radius 1 is 1.00 bits per heavy atom. The fourth-order valence-electron chi connectivity index (χ4n) is 3.55. The standard InChI is InChI=1S/C17H18N2O5/c1-24-17(23)19-12-6-4-11(5-7-12)18-15(20)13-9-2-3-10(8-9)14(13)16(21)22/h2-7,9-10,13-14H,8H2,1H3,(H,18,20)(H,19,23)(H,21,22)/t9-,10-,13-,14+/m0/s1. The lowest BCUT2D eigenvalue weighted by atomic mass is 9.82. The highest BCUT2D eigenvalue weighted by Gasteiger charge is 2.51. The van der Waals surface area contributed by atoms with Crippen LogP contribution in [0, 0.1) is 23.7 Å². The number of fused-ring (bicyclic) bond motifs is 2. The molecule has 3 N–H and O–H groups in total. The van der Waals surface area contributed by atoms with Gasteiger partial charge in [0, 0.05) is 11.4 Å². The first kappa shape index (κ1) is 16.0. The molecule has 1 aromatic rings. The maximum atomic E-state index is 12.5. The maximum Gasteiger partial charge on any atom is 0.411 e. The van der Waals surface area contributed by atoms with Crippen molar-refractivity contribution in [2.45, 2.75) is 6.42 Å². The van der Waals surface area contributed by atoms with Crippen LogP contribution in [0.25, 0.3) is 0 Å². The monoisotopic (exact) mass is 330 g/mol. The Kier molecular flexibility index (Phi) is 4.24. The van der Waals surface area contributed by atoms with E-state index in [4.69, 9.17) is 0 Å². The minimum atomic E-state index is -0.926. The molecule has 0 unspecified atom stereocenters. The zero-order valence-corrected chi connectivity index (χ0v) is 13.1. The van der Waals surface area contributed by atoms with Gasteiger partial charge in [0.15, 0.2) is 0 Å². The third kappa shape index (κ3) is 2.97. The van der Waals surface area contributed by atoms with Crippen LogP contribution >= 0.6 is 0 Å². The SMILES string of the molecule is COC(=O)Nc1ccc(NC(=O)[C@@H]2[C@H](C(=O)O)[C@H]3C=C[C@H]2C3)cc1. The highest BCUT2D eigenvalue weighted by molar-refractivity contribution is 5.96. The van der Waals surface area contributed by atoms with Gasteiger partial charge in [-0.3, -0.25) is 14.9 Å². The van der Waals surface area contributed by atoms with Gasteiger partial charge in [-0.15, -0.1) is 0 Å². The van der Waals surface area contributed by atoms with Gasteiger partial charge < -0.3 is 15.2 Å². The van der Waals surface area contributed by atoms with Crippen molar-refractivity contribution in [2.24, 2.45) is 23.7 Å². The number of allylic oxidation sites excluding steroid dienone is 2. The van der Waals surface area contributed by atoms with Crippen LogP contribution in [0.15, 0.2) is 36.4 Å². The third-order valence-electron chi connectivity index (χ3n) is 4.63. The summed E-state index contributed by atoms with van der Waals surface area (Å²) >= 11 is 0. The van der Waals surface area contributed by atoms with E-state index in [-0.39, 0.29) is 17.7 Å². The van der Waals surface area contributed by atoms with Crippen molar-refractivity contribution < 1.29 is 24.2 Å². The summed E-state index contributed by atoms with van der Waals surface area (Å²) in [5, 5.41) is 14.7. The minimum Gasteiger partial charge on any atom is -0.481 e. The smallest absolute Gasteiger partial charge is 0.411 e. The summed E-state index contributed by atoms with van der Waals surface area (Å²) in [6, 6.07) is 6.54. The number of carboxylic acids is 1. The number of hydrogen-bond acceptors (Lipinski definition) is 4. The molecule has 1 aromatic carbocycles. The largest absolute Gasteiger partial charge is 0.481 e. The van der Waals surface area contributed by atoms with Crippen molar-refractivity contribution in [2.75, 3.05) is 17.7 Å². The predicted molar refractivity (Wildman–Crippen MR) is 86.5 cm³/mol. The number of carbonyl (C=O) groups excluding carboxylic acids is 2. The molecule has 0 saturated heterocycles. The molecule has 0 radical (unpaired) electrons. The van der Waals surface area contributed by atoms with Gasteiger partial charge in [-0.2, -0.15) is 0 Å². The summed E-state index contributed by atoms with van der Waals surface area (Å²) in [5.41, 5.74) is 1.08. The minimum absolute atomic E-state index is 0.0173. The summed E-state index contributed by atoms with van der Waals surface area (Å²) in [4.78, 5) is 35.1. The fourth-order valence-corrected chi connectivity index (χ4v) is 3.55. The lowest BCUT2D eigenvalue weighted by Gasteiger charge is -2.23. The lowest BCUT2D eigenvalue weighted by molar-refractivity contribution is -0.146. The van der Waals surface area contributed by atoms with Gasteiger partial charge in [-0.05, 0) is 42.5 Å². The average Bonchev–Trinajstić information content (AvgIpc) is 3.17. The van der Waals surface area contributed by atoms with Gasteiger partial charge in [0.1, 0.15) is 0 Å². The highest BCUT2D eigenvalue weighted by atomic mass is 16.5. The molecule has 2 aliphatic rings. The molecular formula is C17H18N2O5. The van der Waals surface area contributed by atoms with E-state index in [9.17, 15) is 19.5 Å². The Balaban J connectivity index is 1.67. The second kappa shape index (κ2) is 6.35. The normalized spacial score (nSPS) is 26.9. The molecule has 126 valence electrons. The number of carbonyl (C=O) groups is 3. The van der Waals surface area contributed by atoms with E-state index in [1.807, 2.05) is 12.2 Å². The summed E-state index contributed by atoms with van der Waals surface area (Å²) in [6.45, 7) is 0. The summed E-state index contributed by atoms with van der Waals surface area (Å²) in [6.07, 6.45) is 3.99. The van der Waals surface area contributed by atoms with Gasteiger partial charge in [0.05, 0.1) is 18.9 Å². The van der Waals surface area contributed by atoms with E-state index < -0.39 is 23.9 Å². The number of nitrogens with one attached hydrogen (secondary N) is 2. The lowest BCUT2D eigenvalue weighted by Crippen LogP contribution is -2.36. The van der Waals surface area contributed by atoms with Crippen molar-refractivity contribution in [3.63, 3.8) is 0 Å². The molecule has 7 heteroatoms. The van der Waals surface area contributed by atoms with Crippen LogP contribution in [0.2, 0.25) is 0 Å². The topological polar surface area (TPSA) is 105 Å². The van der Waals surface area contributed by atoms with Crippen molar-refractivity contribution in [1.29, 1.82) is 0 Å². The Hall–Kier alpha value is -2.83. The molecular weight excluding hydrogens is 312 g/mol. The van der Waals surface area contributed by atoms with E-state index in [1.165, 1.54) is 7.11 Å². The molecule has 0 aliphatic heterocycles. The van der Waals surface area contributed by atoms with Crippen LogP contribution in [0.1, 0.15) is 6.42 Å². The molecule has 1 saturated carbocycles. The van der Waals surface area contributed by atoms with Crippen LogP contribution in [-0.2, 0) is 14.3 Å². The summed E-state index contributed by atoms with van der Waals surface area (Å²) in [7, 11) is 1.27. The molecule has 3 rings (SSSR count). The molecule has 7 nitrogen and oxygen atoms in total. The first-order chi connectivity index (χ1) is 11.5. The highest BCUT2D eigenvalue weighted by Crippen LogP contribution is 2.48. The van der Waals surface area contributed by atoms with Gasteiger partial charge in [-0.1, -0.05) is 12.2 Å². The van der Waals surface area contributed by atoms with Crippen molar-refractivity contribution in [3.8, 4) is 0 Å². The van der Waals surface area contributed by atoms with Gasteiger partial charge in [0.25, 0.3) is 0 Å². The molecule has 0 aromatic heterocycles. The number of ether oxygens (including phenoxy) is 1. The number of hydrogen-bond donors (Lipinski definition) is 3. The molecule has 1 fully saturated rings. The summed E-state index contributed by atoms with van der Waals surface area (Å²) in [5.74, 6) is -2.51. The third-order valence-corrected chi connectivity index (χ3v) is 4.63. The zero-order valence-electron chi connectivity index (χ0n) is 13.1. The molecule has 4 atom stereocenters. The van der Waals surface area contributed by atoms with E-state index in [1.54, 1.807) is 24.3 Å². The number of rotatable bonds is 4. The molecule has 2 aliphatic carbocycles. The Labute approximate surface area is 138 Å². The van der Waals surface area contributed by atoms with Crippen molar-refractivity contribution in [1.82, 2.24) is 0 Å². The first-order valence-electron chi connectivity index (χ1n) is 7.66. The number of carboxylic acid groups (broad SMARTS) is 1. The van der Waals surface area contributed by atoms with Crippen LogP contribution in [0.3, 0.4) is 0 Å². The van der Waals surface area contributed by atoms with Crippen LogP contribution in [0.5, 0.6) is 0 Å². The predicted octanol–water partition coefficient (Wildman–Crippen LogP) is 2.33. The number of benzene rings is 1. The van der Waals surface area contributed by atoms with E-state index >= 15 is 0 Å². The van der Waals surface area contributed by atoms with Crippen molar-refractivity contribution in [3.05, 3.63) is 36.4 Å². The number of amides is 2. The number of anilines is 2. The van der Waals surface area contributed by atoms with Gasteiger partial charge in [0.2, 0.25) is 5.91 Å². The Morgan fingerprint density at radius 2 is 1.54 bits per heavy atom. The fraction of sp³-hybridized carbons (Fsp3) is 0.353. The van der Waals surface area contributed by atoms with E-state index in [2.05, 4.69) is 15.4 Å². The van der Waals surface area contributed by atoms with E-state index in [0.717, 1.165) is 6.42 Å². The molecule has 2 amide bonds. The quantitative estimate of drug-likeness (QED) is 0.735. The molecule has 0 heterocycles. The zero-order chi connectivity index (χ0) is 17.3. The molecule has 24 heavy (non-hydrogen) atoms. The summed E-state index contributed by atoms with van der Waals surface area (Å²) < 4.78 is 4.50. The Morgan fingerprint density at radius 3 is 2.08 bits per heavy atom. The number of methoxy groups -OCH3 is 1. The van der Waals surface area contributed by atoms with Gasteiger partial charge >= 0.3 is 12.1 Å². The van der Waals surface area contributed by atoms with Crippen LogP contribution < -0.4 is 10.6 Å². The second-order valence-electron chi connectivity index (χ2n) is 6.02. The molecule has 2 bridgehead atoms. The van der Waals surface area contributed by atoms with Gasteiger partial charge in [-0.25, -0.2) is 4.79 Å². The maximum absolute atomic E-state index is 12.5. The number of aliphatic carboxylic acids is 1. The second-order valence-corrected chi connectivity index (χ2v) is 6.02. The van der Waals surface area contributed by atoms with E-state index in [0.29, 0.717) is 11.4 Å². The van der Waals surface area contributed by atoms with Crippen molar-refractivity contribution >= 4 is 29.3 Å². The average molecular weight is 330 g/mol. The Bertz CT molecular complexity index is 697. The van der Waals surface area contributed by atoms with Crippen LogP contribution in [0.4, 0.5) is 16.2 Å². The first-order valence-corrected chi connectivity index (χ1v) is 7.66. The molecule has 0 spiro atoms. The van der Waals surface area contributed by atoms with Crippen LogP contribution in [-0.4, -0.2) is 30.2 Å².